The van der Waals surface area contributed by atoms with E-state index in [2.05, 4.69) is 36.5 Å². The average Bonchev–Trinajstić information content (AvgIpc) is 2.74. The van der Waals surface area contributed by atoms with E-state index in [1.54, 1.807) is 4.31 Å². The zero-order valence-electron chi connectivity index (χ0n) is 17.9. The Morgan fingerprint density at radius 3 is 2.37 bits per heavy atom. The Morgan fingerprint density at radius 1 is 1.03 bits per heavy atom. The van der Waals surface area contributed by atoms with E-state index in [1.165, 1.54) is 11.1 Å². The molecule has 0 radical (unpaired) electrons. The molecule has 0 aliphatic carbocycles. The summed E-state index contributed by atoms with van der Waals surface area (Å²) in [7, 11) is -3.36. The molecule has 2 aromatic rings. The molecule has 1 aliphatic heterocycles. The first kappa shape index (κ1) is 22.5. The Bertz CT molecular complexity index is 947. The van der Waals surface area contributed by atoms with Gasteiger partial charge in [-0.15, -0.1) is 0 Å². The van der Waals surface area contributed by atoms with Gasteiger partial charge in [0.15, 0.2) is 0 Å². The maximum atomic E-state index is 12.8. The lowest BCUT2D eigenvalue weighted by molar-refractivity contribution is -0.126. The van der Waals surface area contributed by atoms with Crippen molar-refractivity contribution in [3.8, 4) is 0 Å². The lowest BCUT2D eigenvalue weighted by Gasteiger charge is -2.30. The second-order valence-electron chi connectivity index (χ2n) is 8.24. The number of benzene rings is 2. The maximum Gasteiger partial charge on any atom is 0.223 e. The van der Waals surface area contributed by atoms with E-state index >= 15 is 0 Å². The van der Waals surface area contributed by atoms with Crippen molar-refractivity contribution in [1.29, 1.82) is 0 Å². The number of nitrogens with zero attached hydrogens (tertiary/aromatic N) is 1. The third kappa shape index (κ3) is 6.16. The van der Waals surface area contributed by atoms with Crippen LogP contribution in [-0.4, -0.2) is 38.3 Å². The van der Waals surface area contributed by atoms with Gasteiger partial charge in [-0.05, 0) is 56.2 Å². The third-order valence-corrected chi connectivity index (χ3v) is 7.71. The van der Waals surface area contributed by atoms with Gasteiger partial charge >= 0.3 is 0 Å². The quantitative estimate of drug-likeness (QED) is 0.654. The first-order valence-corrected chi connectivity index (χ1v) is 12.3. The van der Waals surface area contributed by atoms with Crippen LogP contribution in [0.5, 0.6) is 0 Å². The smallest absolute Gasteiger partial charge is 0.223 e. The number of carbonyl (C=O) groups is 1. The van der Waals surface area contributed by atoms with Crippen molar-refractivity contribution in [3.05, 3.63) is 70.8 Å². The Kier molecular flexibility index (Phi) is 7.67. The van der Waals surface area contributed by atoms with E-state index < -0.39 is 10.0 Å². The van der Waals surface area contributed by atoms with Gasteiger partial charge in [0.05, 0.1) is 5.75 Å². The number of carbonyl (C=O) groups excluding carboxylic acids is 1. The highest BCUT2D eigenvalue weighted by atomic mass is 32.2. The second kappa shape index (κ2) is 10.2. The van der Waals surface area contributed by atoms with Gasteiger partial charge in [0.1, 0.15) is 0 Å². The fourth-order valence-electron chi connectivity index (χ4n) is 3.86. The minimum absolute atomic E-state index is 0.0234. The van der Waals surface area contributed by atoms with Crippen LogP contribution in [0, 0.1) is 19.8 Å². The van der Waals surface area contributed by atoms with Crippen molar-refractivity contribution in [2.75, 3.05) is 19.6 Å². The molecule has 0 aromatic heterocycles. The molecule has 0 spiro atoms. The van der Waals surface area contributed by atoms with Crippen LogP contribution in [0.4, 0.5) is 0 Å². The Morgan fingerprint density at radius 2 is 1.70 bits per heavy atom. The van der Waals surface area contributed by atoms with Crippen molar-refractivity contribution in [2.24, 2.45) is 5.92 Å². The number of hydrogen-bond acceptors (Lipinski definition) is 3. The fourth-order valence-corrected chi connectivity index (χ4v) is 5.53. The number of rotatable bonds is 8. The fraction of sp³-hybridized carbons (Fsp3) is 0.458. The van der Waals surface area contributed by atoms with Gasteiger partial charge in [-0.3, -0.25) is 4.79 Å². The molecule has 0 saturated carbocycles. The molecule has 0 atom stereocenters. The largest absolute Gasteiger partial charge is 0.356 e. The van der Waals surface area contributed by atoms with Crippen molar-refractivity contribution in [1.82, 2.24) is 9.62 Å². The van der Waals surface area contributed by atoms with Crippen LogP contribution in [0.25, 0.3) is 0 Å². The molecule has 1 saturated heterocycles. The molecule has 1 fully saturated rings. The average molecular weight is 429 g/mol. The van der Waals surface area contributed by atoms with Crippen LogP contribution in [-0.2, 0) is 27.0 Å². The highest BCUT2D eigenvalue weighted by Crippen LogP contribution is 2.22. The van der Waals surface area contributed by atoms with E-state index in [4.69, 9.17) is 0 Å². The summed E-state index contributed by atoms with van der Waals surface area (Å²) in [5.41, 5.74) is 4.35. The summed E-state index contributed by atoms with van der Waals surface area (Å²) in [5.74, 6) is -0.0284. The lowest BCUT2D eigenvalue weighted by Crippen LogP contribution is -2.43. The normalized spacial score (nSPS) is 15.8. The summed E-state index contributed by atoms with van der Waals surface area (Å²) in [5, 5.41) is 3.03. The molecular weight excluding hydrogens is 396 g/mol. The molecule has 5 nitrogen and oxygen atoms in total. The van der Waals surface area contributed by atoms with Gasteiger partial charge in [-0.25, -0.2) is 12.7 Å². The standard InChI is InChI=1S/C24H32N2O3S/c1-19-9-11-21(12-10-19)7-5-15-25-24(27)22-13-16-26(17-14-22)30(28,29)18-23-8-4-3-6-20(23)2/h3-4,6,8-12,22H,5,7,13-18H2,1-2H3,(H,25,27). The van der Waals surface area contributed by atoms with Gasteiger partial charge in [0.25, 0.3) is 0 Å². The molecular formula is C24H32N2O3S. The third-order valence-electron chi connectivity index (χ3n) is 5.88. The highest BCUT2D eigenvalue weighted by Gasteiger charge is 2.31. The van der Waals surface area contributed by atoms with E-state index in [0.717, 1.165) is 24.0 Å². The lowest BCUT2D eigenvalue weighted by atomic mass is 9.97. The first-order valence-electron chi connectivity index (χ1n) is 10.7. The van der Waals surface area contributed by atoms with Crippen molar-refractivity contribution < 1.29 is 13.2 Å². The Hall–Kier alpha value is -2.18. The van der Waals surface area contributed by atoms with Gasteiger partial charge in [0.2, 0.25) is 15.9 Å². The Balaban J connectivity index is 1.41. The van der Waals surface area contributed by atoms with Crippen LogP contribution < -0.4 is 5.32 Å². The minimum atomic E-state index is -3.36. The minimum Gasteiger partial charge on any atom is -0.356 e. The van der Waals surface area contributed by atoms with Crippen LogP contribution in [0.15, 0.2) is 48.5 Å². The number of nitrogens with one attached hydrogen (secondary N) is 1. The van der Waals surface area contributed by atoms with Gasteiger partial charge in [-0.1, -0.05) is 54.1 Å². The highest BCUT2D eigenvalue weighted by molar-refractivity contribution is 7.88. The summed E-state index contributed by atoms with van der Waals surface area (Å²) in [6, 6.07) is 16.0. The van der Waals surface area contributed by atoms with Crippen molar-refractivity contribution >= 4 is 15.9 Å². The van der Waals surface area contributed by atoms with E-state index in [9.17, 15) is 13.2 Å². The molecule has 1 amide bonds. The molecule has 0 unspecified atom stereocenters. The van der Waals surface area contributed by atoms with Crippen LogP contribution in [0.2, 0.25) is 0 Å². The predicted molar refractivity (Wildman–Crippen MR) is 121 cm³/mol. The van der Waals surface area contributed by atoms with Crippen LogP contribution in [0.1, 0.15) is 41.5 Å². The number of sulfonamides is 1. The van der Waals surface area contributed by atoms with E-state index in [1.807, 2.05) is 31.2 Å². The number of amides is 1. The molecule has 1 aliphatic rings. The van der Waals surface area contributed by atoms with Crippen LogP contribution in [0.3, 0.4) is 0 Å². The number of piperidine rings is 1. The zero-order chi connectivity index (χ0) is 21.6. The summed E-state index contributed by atoms with van der Waals surface area (Å²) in [4.78, 5) is 12.5. The second-order valence-corrected chi connectivity index (χ2v) is 10.2. The van der Waals surface area contributed by atoms with Gasteiger partial charge in [-0.2, -0.15) is 0 Å². The Labute approximate surface area is 180 Å². The summed E-state index contributed by atoms with van der Waals surface area (Å²) >= 11 is 0. The van der Waals surface area contributed by atoms with Crippen LogP contribution >= 0.6 is 0 Å². The summed E-state index contributed by atoms with van der Waals surface area (Å²) < 4.78 is 27.1. The molecule has 162 valence electrons. The topological polar surface area (TPSA) is 66.5 Å². The van der Waals surface area contributed by atoms with E-state index in [-0.39, 0.29) is 17.6 Å². The van der Waals surface area contributed by atoms with E-state index in [0.29, 0.717) is 32.5 Å². The molecule has 30 heavy (non-hydrogen) atoms. The molecule has 1 heterocycles. The predicted octanol–water partition coefficient (Wildman–Crippen LogP) is 3.59. The maximum absolute atomic E-state index is 12.8. The number of hydrogen-bond donors (Lipinski definition) is 1. The summed E-state index contributed by atoms with van der Waals surface area (Å²) in [6.45, 7) is 5.48. The van der Waals surface area contributed by atoms with Gasteiger partial charge in [0, 0.05) is 25.6 Å². The summed E-state index contributed by atoms with van der Waals surface area (Å²) in [6.07, 6.45) is 3.00. The first-order chi connectivity index (χ1) is 14.3. The molecule has 6 heteroatoms. The zero-order valence-corrected chi connectivity index (χ0v) is 18.7. The molecule has 0 bridgehead atoms. The van der Waals surface area contributed by atoms with Crippen molar-refractivity contribution in [3.63, 3.8) is 0 Å². The van der Waals surface area contributed by atoms with Gasteiger partial charge < -0.3 is 5.32 Å². The SMILES string of the molecule is Cc1ccc(CCCNC(=O)C2CCN(S(=O)(=O)Cc3ccccc3C)CC2)cc1. The number of aryl methyl sites for hydroxylation is 3. The molecule has 2 aromatic carbocycles. The molecule has 1 N–H and O–H groups in total. The molecule has 3 rings (SSSR count). The van der Waals surface area contributed by atoms with Crippen molar-refractivity contribution in [2.45, 2.75) is 45.3 Å². The monoisotopic (exact) mass is 428 g/mol.